The molecule has 1 N–H and O–H groups in total. The first-order valence-electron chi connectivity index (χ1n) is 11.6. The van der Waals surface area contributed by atoms with Gasteiger partial charge in [-0.05, 0) is 80.7 Å². The first-order valence-corrected chi connectivity index (χ1v) is 12.0. The molecule has 2 atom stereocenters. The second kappa shape index (κ2) is 9.79. The van der Waals surface area contributed by atoms with Crippen molar-refractivity contribution in [1.29, 1.82) is 0 Å². The number of pyridine rings is 1. The van der Waals surface area contributed by atoms with Crippen LogP contribution >= 0.6 is 12.2 Å². The molecule has 1 aliphatic rings. The van der Waals surface area contributed by atoms with Crippen LogP contribution in [-0.4, -0.2) is 25.7 Å². The largest absolute Gasteiger partial charge is 0.491 e. The molecule has 2 unspecified atom stereocenters. The first kappa shape index (κ1) is 23.5. The van der Waals surface area contributed by atoms with Gasteiger partial charge in [0, 0.05) is 35.9 Å². The molecule has 1 saturated heterocycles. The van der Waals surface area contributed by atoms with Gasteiger partial charge in [0.15, 0.2) is 5.11 Å². The van der Waals surface area contributed by atoms with Crippen molar-refractivity contribution in [3.8, 4) is 11.4 Å². The van der Waals surface area contributed by atoms with Gasteiger partial charge in [-0.1, -0.05) is 12.1 Å². The fraction of sp³-hybridized carbons (Fsp3) is 0.185. The van der Waals surface area contributed by atoms with Gasteiger partial charge in [0.2, 0.25) is 0 Å². The van der Waals surface area contributed by atoms with Crippen molar-refractivity contribution in [2.75, 3.05) is 4.90 Å². The van der Waals surface area contributed by atoms with Crippen LogP contribution in [0.4, 0.5) is 11.4 Å². The molecule has 182 valence electrons. The van der Waals surface area contributed by atoms with Crippen LogP contribution in [0.1, 0.15) is 37.3 Å². The zero-order valence-corrected chi connectivity index (χ0v) is 20.6. The number of non-ortho nitro benzene ring substituents is 1. The van der Waals surface area contributed by atoms with E-state index in [4.69, 9.17) is 17.0 Å². The highest BCUT2D eigenvalue weighted by atomic mass is 32.1. The molecule has 0 amide bonds. The third kappa shape index (κ3) is 4.52. The number of nitro groups is 1. The average Bonchev–Trinajstić information content (AvgIpc) is 3.49. The average molecular weight is 500 g/mol. The molecule has 1 aliphatic heterocycles. The topological polar surface area (TPSA) is 85.5 Å². The quantitative estimate of drug-likeness (QED) is 0.197. The zero-order chi connectivity index (χ0) is 25.2. The zero-order valence-electron chi connectivity index (χ0n) is 19.8. The van der Waals surface area contributed by atoms with Crippen molar-refractivity contribution in [1.82, 2.24) is 14.9 Å². The van der Waals surface area contributed by atoms with E-state index in [2.05, 4.69) is 15.2 Å². The molecule has 0 aliphatic carbocycles. The number of ether oxygens (including phenoxy) is 1. The Balaban J connectivity index is 1.61. The van der Waals surface area contributed by atoms with E-state index < -0.39 is 0 Å². The molecule has 8 nitrogen and oxygen atoms in total. The molecule has 3 heterocycles. The highest BCUT2D eigenvalue weighted by Gasteiger charge is 2.42. The molecule has 9 heteroatoms. The van der Waals surface area contributed by atoms with E-state index >= 15 is 0 Å². The summed E-state index contributed by atoms with van der Waals surface area (Å²) in [7, 11) is 0. The lowest BCUT2D eigenvalue weighted by Crippen LogP contribution is -2.30. The summed E-state index contributed by atoms with van der Waals surface area (Å²) in [6.07, 6.45) is 3.74. The van der Waals surface area contributed by atoms with Crippen LogP contribution in [0, 0.1) is 10.1 Å². The Morgan fingerprint density at radius 3 is 2.53 bits per heavy atom. The number of benzene rings is 2. The van der Waals surface area contributed by atoms with Gasteiger partial charge in [0.25, 0.3) is 5.69 Å². The van der Waals surface area contributed by atoms with E-state index in [0.717, 1.165) is 22.8 Å². The number of thiocarbonyl (C=S) groups is 1. The molecule has 0 saturated carbocycles. The Kier molecular flexibility index (Phi) is 6.39. The van der Waals surface area contributed by atoms with Gasteiger partial charge in [-0.15, -0.1) is 0 Å². The second-order valence-electron chi connectivity index (χ2n) is 8.74. The Labute approximate surface area is 214 Å². The van der Waals surface area contributed by atoms with Crippen molar-refractivity contribution < 1.29 is 9.66 Å². The van der Waals surface area contributed by atoms with Gasteiger partial charge in [0.1, 0.15) is 11.8 Å². The SMILES string of the molecule is CC(C)Oc1ccc(N2C(=S)NC(c3ccccn3)C2c2cccn2-c2cccc([N+](=O)[O-])c2)cc1. The number of rotatable bonds is 7. The van der Waals surface area contributed by atoms with E-state index in [1.807, 2.05) is 85.3 Å². The van der Waals surface area contributed by atoms with Crippen LogP contribution in [0.5, 0.6) is 5.75 Å². The maximum atomic E-state index is 11.4. The van der Waals surface area contributed by atoms with E-state index in [9.17, 15) is 10.1 Å². The Morgan fingerprint density at radius 2 is 1.83 bits per heavy atom. The number of aromatic nitrogens is 2. The summed E-state index contributed by atoms with van der Waals surface area (Å²) in [6, 6.07) is 23.7. The van der Waals surface area contributed by atoms with Crippen molar-refractivity contribution in [2.45, 2.75) is 32.0 Å². The lowest BCUT2D eigenvalue weighted by atomic mass is 10.0. The minimum atomic E-state index is -0.386. The molecule has 2 aromatic carbocycles. The number of anilines is 1. The number of nitrogens with zero attached hydrogens (tertiary/aromatic N) is 4. The minimum Gasteiger partial charge on any atom is -0.491 e. The molecule has 36 heavy (non-hydrogen) atoms. The predicted molar refractivity (Wildman–Crippen MR) is 143 cm³/mol. The monoisotopic (exact) mass is 499 g/mol. The summed E-state index contributed by atoms with van der Waals surface area (Å²) in [5, 5.41) is 15.4. The molecule has 0 bridgehead atoms. The Bertz CT molecular complexity index is 1390. The van der Waals surface area contributed by atoms with Gasteiger partial charge >= 0.3 is 0 Å². The summed E-state index contributed by atoms with van der Waals surface area (Å²) < 4.78 is 7.78. The van der Waals surface area contributed by atoms with Gasteiger partial charge in [-0.2, -0.15) is 0 Å². The number of hydrogen-bond donors (Lipinski definition) is 1. The van der Waals surface area contributed by atoms with Crippen LogP contribution in [0.3, 0.4) is 0 Å². The van der Waals surface area contributed by atoms with Crippen molar-refractivity contribution in [3.05, 3.63) is 113 Å². The fourth-order valence-corrected chi connectivity index (χ4v) is 4.86. The highest BCUT2D eigenvalue weighted by Crippen LogP contribution is 2.42. The van der Waals surface area contributed by atoms with E-state index in [1.54, 1.807) is 18.3 Å². The fourth-order valence-electron chi connectivity index (χ4n) is 4.52. The van der Waals surface area contributed by atoms with Gasteiger partial charge in [0.05, 0.1) is 28.5 Å². The Morgan fingerprint density at radius 1 is 1.03 bits per heavy atom. The van der Waals surface area contributed by atoms with Crippen LogP contribution in [0.25, 0.3) is 5.69 Å². The van der Waals surface area contributed by atoms with Crippen LogP contribution in [0.2, 0.25) is 0 Å². The maximum Gasteiger partial charge on any atom is 0.271 e. The molecule has 0 spiro atoms. The van der Waals surface area contributed by atoms with Crippen molar-refractivity contribution >= 4 is 28.7 Å². The normalized spacial score (nSPS) is 17.3. The molecule has 1 fully saturated rings. The number of nitro benzene ring substituents is 1. The third-order valence-electron chi connectivity index (χ3n) is 5.99. The summed E-state index contributed by atoms with van der Waals surface area (Å²) >= 11 is 5.83. The van der Waals surface area contributed by atoms with Crippen molar-refractivity contribution in [3.63, 3.8) is 0 Å². The first-order chi connectivity index (χ1) is 17.4. The predicted octanol–water partition coefficient (Wildman–Crippen LogP) is 5.74. The molecular formula is C27H25N5O3S. The Hall–Kier alpha value is -4.24. The second-order valence-corrected chi connectivity index (χ2v) is 9.12. The van der Waals surface area contributed by atoms with Crippen LogP contribution < -0.4 is 15.0 Å². The van der Waals surface area contributed by atoms with E-state index in [0.29, 0.717) is 10.8 Å². The maximum absolute atomic E-state index is 11.4. The van der Waals surface area contributed by atoms with Crippen molar-refractivity contribution in [2.24, 2.45) is 0 Å². The summed E-state index contributed by atoms with van der Waals surface area (Å²) in [5.41, 5.74) is 3.40. The molecule has 2 aromatic heterocycles. The van der Waals surface area contributed by atoms with E-state index in [-0.39, 0.29) is 28.8 Å². The highest BCUT2D eigenvalue weighted by molar-refractivity contribution is 7.80. The number of hydrogen-bond acceptors (Lipinski definition) is 5. The van der Waals surface area contributed by atoms with Gasteiger partial charge in [-0.25, -0.2) is 0 Å². The lowest BCUT2D eigenvalue weighted by Gasteiger charge is -2.29. The molecular weight excluding hydrogens is 474 g/mol. The standard InChI is InChI=1S/C27H25N5O3S/c1-18(2)35-22-13-11-19(12-14-22)31-26(25(29-27(31)36)23-9-3-4-15-28-23)24-10-6-16-30(24)20-7-5-8-21(17-20)32(33)34/h3-18,25-26H,1-2H3,(H,29,36). The van der Waals surface area contributed by atoms with Crippen LogP contribution in [0.15, 0.2) is 91.3 Å². The summed E-state index contributed by atoms with van der Waals surface area (Å²) in [4.78, 5) is 17.7. The summed E-state index contributed by atoms with van der Waals surface area (Å²) in [5.74, 6) is 0.782. The summed E-state index contributed by atoms with van der Waals surface area (Å²) in [6.45, 7) is 3.98. The molecule has 4 aromatic rings. The smallest absolute Gasteiger partial charge is 0.271 e. The van der Waals surface area contributed by atoms with Gasteiger partial charge < -0.3 is 19.5 Å². The lowest BCUT2D eigenvalue weighted by molar-refractivity contribution is -0.384. The van der Waals surface area contributed by atoms with E-state index in [1.165, 1.54) is 6.07 Å². The molecule has 5 rings (SSSR count). The molecule has 0 radical (unpaired) electrons. The third-order valence-corrected chi connectivity index (χ3v) is 6.30. The minimum absolute atomic E-state index is 0.0334. The van der Waals surface area contributed by atoms with Crippen LogP contribution in [-0.2, 0) is 0 Å². The number of nitrogens with one attached hydrogen (secondary N) is 1. The van der Waals surface area contributed by atoms with Gasteiger partial charge in [-0.3, -0.25) is 15.1 Å².